The van der Waals surface area contributed by atoms with Crippen LogP contribution < -0.4 is 27.4 Å². The molecule has 292 valence electrons. The number of carbonyl (C=O) groups excluding carboxylic acids is 4. The Kier molecular flexibility index (Phi) is 16.3. The average molecular weight is 749 g/mol. The van der Waals surface area contributed by atoms with Crippen LogP contribution in [0.25, 0.3) is 0 Å². The smallest absolute Gasteiger partial charge is 0.410 e. The zero-order valence-electron chi connectivity index (χ0n) is 29.6. The molecule has 0 bridgehead atoms. The zero-order chi connectivity index (χ0) is 37.4. The number of nitrogens with two attached hydrogens (primary N) is 2. The topological polar surface area (TPSA) is 213 Å². The van der Waals surface area contributed by atoms with Crippen molar-refractivity contribution in [3.8, 4) is 0 Å². The van der Waals surface area contributed by atoms with E-state index in [2.05, 4.69) is 20.9 Å². The van der Waals surface area contributed by atoms with Gasteiger partial charge in [-0.15, -0.1) is 0 Å². The molecule has 3 aromatic rings. The summed E-state index contributed by atoms with van der Waals surface area (Å²) in [5.41, 5.74) is 14.9. The Labute approximate surface area is 315 Å². The normalized spacial score (nSPS) is 18.1. The molecule has 0 radical (unpaired) electrons. The number of ether oxygens (including phenoxy) is 4. The maximum Gasteiger partial charge on any atom is 0.410 e. The van der Waals surface area contributed by atoms with Crippen LogP contribution >= 0.6 is 0 Å². The van der Waals surface area contributed by atoms with Crippen LogP contribution in [-0.4, -0.2) is 103 Å². The van der Waals surface area contributed by atoms with Crippen LogP contribution in [0.5, 0.6) is 0 Å². The first-order chi connectivity index (χ1) is 25.8. The molecule has 3 heterocycles. The molecule has 16 nitrogen and oxygen atoms in total. The number of pyridine rings is 1. The molecule has 0 aliphatic carbocycles. The lowest BCUT2D eigenvalue weighted by Crippen LogP contribution is -2.55. The van der Waals surface area contributed by atoms with Crippen molar-refractivity contribution in [3.05, 3.63) is 95.2 Å². The first-order valence-corrected chi connectivity index (χ1v) is 17.7. The predicted octanol–water partition coefficient (Wildman–Crippen LogP) is 2.90. The van der Waals surface area contributed by atoms with Crippen LogP contribution in [0.15, 0.2) is 72.9 Å². The van der Waals surface area contributed by atoms with Crippen molar-refractivity contribution in [2.75, 3.05) is 51.7 Å². The van der Waals surface area contributed by atoms with E-state index < -0.39 is 30.5 Å². The lowest BCUT2D eigenvalue weighted by molar-refractivity contribution is -0.177. The molecule has 1 aromatic heterocycles. The molecule has 5 amide bonds. The van der Waals surface area contributed by atoms with Crippen molar-refractivity contribution in [2.45, 2.75) is 64.8 Å². The fraction of sp³-hybridized carbons (Fsp3) is 0.447. The third-order valence-corrected chi connectivity index (χ3v) is 8.87. The molecule has 5 rings (SSSR count). The largest absolute Gasteiger partial charge is 0.447 e. The van der Waals surface area contributed by atoms with Gasteiger partial charge in [0.2, 0.25) is 5.91 Å². The van der Waals surface area contributed by atoms with Crippen molar-refractivity contribution in [1.29, 1.82) is 0 Å². The highest BCUT2D eigenvalue weighted by atomic mass is 16.6. The maximum absolute atomic E-state index is 13.4. The fourth-order valence-corrected chi connectivity index (χ4v) is 5.78. The molecule has 16 heteroatoms. The van der Waals surface area contributed by atoms with Crippen LogP contribution in [0.2, 0.25) is 0 Å². The van der Waals surface area contributed by atoms with Gasteiger partial charge in [0, 0.05) is 71.4 Å². The van der Waals surface area contributed by atoms with Crippen LogP contribution in [-0.2, 0) is 50.0 Å². The number of amides is 5. The van der Waals surface area contributed by atoms with E-state index in [1.54, 1.807) is 28.1 Å². The Balaban J connectivity index is 0.00000650. The van der Waals surface area contributed by atoms with Crippen molar-refractivity contribution < 1.29 is 38.1 Å². The summed E-state index contributed by atoms with van der Waals surface area (Å²) in [4.78, 5) is 58.1. The second kappa shape index (κ2) is 21.3. The Hall–Kier alpha value is -5.45. The number of rotatable bonds is 14. The molecule has 0 saturated carbocycles. The molecule has 2 aliphatic rings. The maximum atomic E-state index is 13.4. The van der Waals surface area contributed by atoms with Gasteiger partial charge >= 0.3 is 18.2 Å². The van der Waals surface area contributed by atoms with Crippen molar-refractivity contribution in [2.24, 2.45) is 5.73 Å². The van der Waals surface area contributed by atoms with Gasteiger partial charge in [0.1, 0.15) is 30.7 Å². The van der Waals surface area contributed by atoms with Gasteiger partial charge in [0.15, 0.2) is 0 Å². The third kappa shape index (κ3) is 12.9. The van der Waals surface area contributed by atoms with Crippen molar-refractivity contribution in [3.63, 3.8) is 0 Å². The van der Waals surface area contributed by atoms with E-state index in [4.69, 9.17) is 30.4 Å². The van der Waals surface area contributed by atoms with E-state index in [1.165, 1.54) is 0 Å². The summed E-state index contributed by atoms with van der Waals surface area (Å²) >= 11 is 0. The highest BCUT2D eigenvalue weighted by Crippen LogP contribution is 2.24. The molecule has 2 aromatic carbocycles. The number of nitrogens with zero attached hydrogens (tertiary/aromatic N) is 3. The number of hydrogen-bond acceptors (Lipinski definition) is 11. The number of carbonyl (C=O) groups is 4. The van der Waals surface area contributed by atoms with E-state index >= 15 is 0 Å². The minimum Gasteiger partial charge on any atom is -0.447 e. The van der Waals surface area contributed by atoms with Gasteiger partial charge in [-0.05, 0) is 28.3 Å². The Morgan fingerprint density at radius 2 is 1.52 bits per heavy atom. The molecule has 3 atom stereocenters. The lowest BCUT2D eigenvalue weighted by atomic mass is 10.0. The molecule has 54 heavy (non-hydrogen) atoms. The predicted molar refractivity (Wildman–Crippen MR) is 201 cm³/mol. The number of aromatic nitrogens is 1. The summed E-state index contributed by atoms with van der Waals surface area (Å²) < 4.78 is 23.6. The van der Waals surface area contributed by atoms with E-state index in [9.17, 15) is 19.2 Å². The number of nitrogen functional groups attached to an aromatic ring is 1. The van der Waals surface area contributed by atoms with Crippen molar-refractivity contribution >= 4 is 29.9 Å². The van der Waals surface area contributed by atoms with E-state index in [0.717, 1.165) is 22.3 Å². The summed E-state index contributed by atoms with van der Waals surface area (Å²) in [6, 6.07) is 20.5. The fourth-order valence-electron chi connectivity index (χ4n) is 5.78. The van der Waals surface area contributed by atoms with Crippen LogP contribution in [0, 0.1) is 0 Å². The van der Waals surface area contributed by atoms with Gasteiger partial charge in [-0.25, -0.2) is 19.4 Å². The van der Waals surface area contributed by atoms with Crippen LogP contribution in [0.3, 0.4) is 0 Å². The number of nitrogens with one attached hydrogen (secondary N) is 3. The number of hydrogen-bond donors (Lipinski definition) is 5. The quantitative estimate of drug-likeness (QED) is 0.162. The monoisotopic (exact) mass is 748 g/mol. The third-order valence-electron chi connectivity index (χ3n) is 8.87. The second-order valence-corrected chi connectivity index (χ2v) is 12.7. The Bertz CT molecular complexity index is 1620. The summed E-state index contributed by atoms with van der Waals surface area (Å²) in [5, 5.41) is 8.26. The summed E-state index contributed by atoms with van der Waals surface area (Å²) in [7, 11) is 0. The van der Waals surface area contributed by atoms with Gasteiger partial charge in [-0.1, -0.05) is 68.1 Å². The first kappa shape index (κ1) is 41.3. The number of urea groups is 1. The Morgan fingerprint density at radius 3 is 2.22 bits per heavy atom. The lowest BCUT2D eigenvalue weighted by Gasteiger charge is -2.39. The van der Waals surface area contributed by atoms with E-state index in [1.807, 2.05) is 54.6 Å². The minimum atomic E-state index is -0.736. The number of alkyl carbamates (subject to hydrolysis) is 1. The SMILES string of the molecule is C.NCc1ccc(CNC(=O)N2CCN(C(=O)OC3CCOC(COC(=O)NCCC(=O)NCc4ccc(N)nc4)[C@H]3OCc3ccccc3)CC2)cc1. The highest BCUT2D eigenvalue weighted by Gasteiger charge is 2.40. The molecule has 2 fully saturated rings. The van der Waals surface area contributed by atoms with Crippen LogP contribution in [0.4, 0.5) is 20.2 Å². The van der Waals surface area contributed by atoms with Gasteiger partial charge in [0.05, 0.1) is 13.2 Å². The number of piperazine rings is 1. The highest BCUT2D eigenvalue weighted by molar-refractivity contribution is 5.77. The average Bonchev–Trinajstić information content (AvgIpc) is 3.19. The van der Waals surface area contributed by atoms with Gasteiger partial charge in [0.25, 0.3) is 0 Å². The van der Waals surface area contributed by atoms with E-state index in [-0.39, 0.29) is 58.7 Å². The number of benzene rings is 2. The van der Waals surface area contributed by atoms with Crippen molar-refractivity contribution in [1.82, 2.24) is 30.7 Å². The molecule has 7 N–H and O–H groups in total. The standard InChI is InChI=1S/C37H48N8O8.CH4/c38-20-26-6-8-27(9-7-26)21-43-35(47)44-15-17-45(18-16-44)37(49)53-30-13-19-50-31(34(30)51-24-28-4-2-1-3-5-28)25-52-36(48)40-14-12-33(46)42-23-29-10-11-32(39)41-22-29;/h1-11,22,30-31,34H,12-21,23-25,38H2,(H2,39,41)(H,40,48)(H,42,46)(H,43,47);1H4/t30?,31?,34-;/m0./s1. The molecular weight excluding hydrogens is 696 g/mol. The van der Waals surface area contributed by atoms with Gasteiger partial charge < -0.3 is 56.2 Å². The molecule has 2 unspecified atom stereocenters. The summed E-state index contributed by atoms with van der Waals surface area (Å²) in [6.45, 7) is 2.80. The summed E-state index contributed by atoms with van der Waals surface area (Å²) in [6.07, 6.45) is -1.38. The Morgan fingerprint density at radius 1 is 0.833 bits per heavy atom. The molecule has 0 spiro atoms. The van der Waals surface area contributed by atoms with Crippen LogP contribution in [0.1, 0.15) is 42.5 Å². The second-order valence-electron chi connectivity index (χ2n) is 12.7. The molecular formula is C38H52N8O8. The van der Waals surface area contributed by atoms with Gasteiger partial charge in [-0.2, -0.15) is 0 Å². The van der Waals surface area contributed by atoms with E-state index in [0.29, 0.717) is 51.5 Å². The zero-order valence-corrected chi connectivity index (χ0v) is 29.6. The summed E-state index contributed by atoms with van der Waals surface area (Å²) in [5.74, 6) is 0.134. The first-order valence-electron chi connectivity index (χ1n) is 17.7. The molecule has 2 saturated heterocycles. The molecule has 2 aliphatic heterocycles. The number of anilines is 1. The minimum absolute atomic E-state index is 0. The van der Waals surface area contributed by atoms with Gasteiger partial charge in [-0.3, -0.25) is 4.79 Å².